The number of ether oxygens (including phenoxy) is 4. The van der Waals surface area contributed by atoms with Crippen molar-refractivity contribution in [3.05, 3.63) is 147 Å². The number of hydrogen-bond acceptors (Lipinski definition) is 27. The Bertz CT molecular complexity index is 4530. The van der Waals surface area contributed by atoms with Crippen LogP contribution in [0.1, 0.15) is 143 Å². The number of aliphatic hydroxyl groups excluding tert-OH is 2. The third-order valence-electron chi connectivity index (χ3n) is 17.7. The zero-order valence-electron chi connectivity index (χ0n) is 55.5. The van der Waals surface area contributed by atoms with Crippen molar-refractivity contribution >= 4 is 115 Å². The van der Waals surface area contributed by atoms with Gasteiger partial charge in [0.1, 0.15) is 76.7 Å². The summed E-state index contributed by atoms with van der Waals surface area (Å²) in [6, 6.07) is 15.5. The molecule has 0 radical (unpaired) electrons. The van der Waals surface area contributed by atoms with Crippen LogP contribution in [-0.2, 0) is 39.8 Å². The summed E-state index contributed by atoms with van der Waals surface area (Å²) in [5.74, 6) is -5.70. The Hall–Kier alpha value is -9.03. The molecule has 102 heavy (non-hydrogen) atoms. The monoisotopic (exact) mass is 1500 g/mol. The Morgan fingerprint density at radius 3 is 2.14 bits per heavy atom. The second-order valence-corrected chi connectivity index (χ2v) is 30.2. The Labute approximate surface area is 608 Å². The number of primary amides is 1. The molecule has 2 fully saturated rings. The molecule has 9 heterocycles. The number of hydrogen-bond donors (Lipinski definition) is 7. The van der Waals surface area contributed by atoms with Crippen LogP contribution < -0.4 is 31.7 Å². The van der Waals surface area contributed by atoms with Crippen molar-refractivity contribution in [3.63, 3.8) is 0 Å². The van der Waals surface area contributed by atoms with Crippen molar-refractivity contribution in [3.8, 4) is 49.1 Å². The standard InChI is InChI=1S/C69H71N13O14S6/c1-34-52(84)27-82-57(34)67-80-50(33-101-67)65-76-46(29-99-65)56-41(18-19-43(73-56)64-79-47(32-100-64)59(88)72-39-14-12-38(13-15-39)69(92)94-4)62-77-48(30-97-62)60(89)74-44(26-53(70)85)66-81-55(35(2)102-66)51(83)25-42(58(87)37-8-6-5-7-9-37)63-78-49(31-98-63)61(90)75-45(68(82)91)24-36-10-16-40(17-11-36)96-28-54(86)71-20-21-95-23-22-93-3/h5-11,16-19,29-34,38-39,42,44-45,52,57-58,84,87H,12-15,20-28H2,1-4H3,(H2,70,85)(H,71,86)(H,72,88)(H,74,89)(H,75,90)/t34-,38?,39?,42-,44-,45-,52-,57-,58+/m0/s1. The molecular formula is C69H71N13O14S6. The summed E-state index contributed by atoms with van der Waals surface area (Å²) in [5.41, 5.74) is 8.98. The van der Waals surface area contributed by atoms with Crippen LogP contribution in [0.25, 0.3) is 43.4 Å². The quantitative estimate of drug-likeness (QED) is 0.0297. The first-order chi connectivity index (χ1) is 49.3. The second-order valence-electron chi connectivity index (χ2n) is 24.6. The summed E-state index contributed by atoms with van der Waals surface area (Å²) < 4.78 is 21.1. The maximum Gasteiger partial charge on any atom is 0.308 e. The number of aliphatic hydroxyl groups is 2. The molecule has 2 aliphatic heterocycles. The van der Waals surface area contributed by atoms with Crippen LogP contribution in [0.4, 0.5) is 0 Å². The van der Waals surface area contributed by atoms with Crippen molar-refractivity contribution in [1.82, 2.24) is 61.1 Å². The predicted octanol–water partition coefficient (Wildman–Crippen LogP) is 8.09. The van der Waals surface area contributed by atoms with E-state index in [2.05, 4.69) is 21.3 Å². The van der Waals surface area contributed by atoms with Crippen molar-refractivity contribution in [2.24, 2.45) is 17.6 Å². The number of nitrogens with one attached hydrogen (secondary N) is 4. The molecule has 3 aliphatic rings. The number of Topliss-reactive ketones (excluding diaryl/α,β-unsaturated/α-hetero) is 1. The van der Waals surface area contributed by atoms with E-state index in [9.17, 15) is 43.8 Å². The summed E-state index contributed by atoms with van der Waals surface area (Å²) in [7, 11) is 2.94. The van der Waals surface area contributed by atoms with E-state index in [0.29, 0.717) is 116 Å². The maximum atomic E-state index is 15.5. The van der Waals surface area contributed by atoms with Crippen molar-refractivity contribution in [2.75, 3.05) is 53.7 Å². The molecule has 1 aliphatic carbocycles. The van der Waals surface area contributed by atoms with Crippen molar-refractivity contribution in [1.29, 1.82) is 0 Å². The molecule has 1 saturated heterocycles. The number of esters is 1. The Morgan fingerprint density at radius 1 is 0.706 bits per heavy atom. The van der Waals surface area contributed by atoms with E-state index in [-0.39, 0.29) is 95.1 Å². The Morgan fingerprint density at radius 2 is 1.38 bits per heavy atom. The van der Waals surface area contributed by atoms with E-state index in [1.54, 1.807) is 102 Å². The number of aryl methyl sites for hydroxylation is 1. The number of methoxy groups -OCH3 is 2. The minimum atomic E-state index is -1.33. The molecule has 532 valence electrons. The molecule has 7 aromatic heterocycles. The summed E-state index contributed by atoms with van der Waals surface area (Å²) in [5, 5.41) is 45.9. The smallest absolute Gasteiger partial charge is 0.308 e. The Kier molecular flexibility index (Phi) is 23.5. The van der Waals surface area contributed by atoms with Crippen LogP contribution in [0.15, 0.2) is 93.6 Å². The number of benzene rings is 2. The van der Waals surface area contributed by atoms with Gasteiger partial charge >= 0.3 is 5.97 Å². The first kappa shape index (κ1) is 72.7. The van der Waals surface area contributed by atoms with Gasteiger partial charge in [-0.25, -0.2) is 34.9 Å². The topological polar surface area (TPSA) is 382 Å². The Balaban J connectivity index is 0.895. The highest BCUT2D eigenvalue weighted by molar-refractivity contribution is 7.15. The lowest BCUT2D eigenvalue weighted by atomic mass is 9.86. The average molecular weight is 1500 g/mol. The lowest BCUT2D eigenvalue weighted by Crippen LogP contribution is -2.50. The fraction of sp³-hybridized carbons (Fsp3) is 0.377. The molecule has 9 aromatic rings. The highest BCUT2D eigenvalue weighted by Crippen LogP contribution is 2.44. The molecule has 6 amide bonds. The summed E-state index contributed by atoms with van der Waals surface area (Å²) in [6.07, 6.45) is -0.788. The van der Waals surface area contributed by atoms with Gasteiger partial charge in [0.25, 0.3) is 23.6 Å². The lowest BCUT2D eigenvalue weighted by Gasteiger charge is -2.29. The molecule has 10 bridgehead atoms. The molecule has 7 atom stereocenters. The molecular weight excluding hydrogens is 1430 g/mol. The minimum Gasteiger partial charge on any atom is -0.484 e. The molecule has 1 saturated carbocycles. The molecule has 2 aromatic carbocycles. The number of aromatic nitrogens is 7. The van der Waals surface area contributed by atoms with Gasteiger partial charge in [0, 0.05) is 88.3 Å². The van der Waals surface area contributed by atoms with Crippen LogP contribution in [-0.4, -0.2) is 169 Å². The van der Waals surface area contributed by atoms with Crippen molar-refractivity contribution < 1.29 is 67.5 Å². The lowest BCUT2D eigenvalue weighted by molar-refractivity contribution is -0.146. The summed E-state index contributed by atoms with van der Waals surface area (Å²) in [6.45, 7) is 4.46. The number of thiazole rings is 6. The van der Waals surface area contributed by atoms with Crippen LogP contribution in [0.2, 0.25) is 0 Å². The first-order valence-corrected chi connectivity index (χ1v) is 37.9. The van der Waals surface area contributed by atoms with E-state index in [1.807, 2.05) is 6.92 Å². The number of carbonyl (C=O) groups excluding carboxylic acids is 8. The van der Waals surface area contributed by atoms with Crippen LogP contribution in [0, 0.1) is 18.8 Å². The molecule has 0 spiro atoms. The molecule has 0 unspecified atom stereocenters. The number of carbonyl (C=O) groups is 8. The number of nitrogens with zero attached hydrogens (tertiary/aromatic N) is 8. The van der Waals surface area contributed by atoms with E-state index >= 15 is 4.79 Å². The van der Waals surface area contributed by atoms with Crippen LogP contribution >= 0.6 is 68.0 Å². The van der Waals surface area contributed by atoms with E-state index < -0.39 is 78.0 Å². The van der Waals surface area contributed by atoms with Crippen LogP contribution in [0.5, 0.6) is 5.75 Å². The highest BCUT2D eigenvalue weighted by atomic mass is 32.1. The van der Waals surface area contributed by atoms with Gasteiger partial charge in [-0.15, -0.1) is 68.0 Å². The summed E-state index contributed by atoms with van der Waals surface area (Å²) in [4.78, 5) is 147. The average Bonchev–Trinajstić information content (AvgIpc) is 1.62. The SMILES string of the molecule is COCCOCCNC(=O)COc1ccc(C[C@@H]2NC(=O)c3csc(n3)[C@H]([C@H](O)c3ccccc3)CC(=O)c3nc(sc3C)[C@H](CC(N)=O)NC(=O)c3csc(n3)-c3ccc(-c4nc(C(=O)NC5CCC(C(=O)OC)CC5)cs4)nc3-c3csc(n3)-c3csc(n3)[C@@H]3[C@@H](C)[C@@H](O)CN3C2=O)cc1. The van der Waals surface area contributed by atoms with E-state index in [0.717, 1.165) is 34.0 Å². The third kappa shape index (κ3) is 17.0. The minimum absolute atomic E-state index is 0.00989. The molecule has 12 rings (SSSR count). The van der Waals surface area contributed by atoms with Gasteiger partial charge in [-0.1, -0.05) is 49.4 Å². The number of amides is 6. The van der Waals surface area contributed by atoms with Gasteiger partial charge in [-0.2, -0.15) is 0 Å². The molecule has 33 heteroatoms. The van der Waals surface area contributed by atoms with Gasteiger partial charge in [0.15, 0.2) is 12.4 Å². The second kappa shape index (κ2) is 33.0. The normalized spacial score (nSPS) is 20.5. The van der Waals surface area contributed by atoms with E-state index in [1.165, 1.54) is 51.4 Å². The summed E-state index contributed by atoms with van der Waals surface area (Å²) >= 11 is 7.01. The van der Waals surface area contributed by atoms with Crippen LogP contribution in [0.3, 0.4) is 0 Å². The fourth-order valence-electron chi connectivity index (χ4n) is 12.3. The van der Waals surface area contributed by atoms with Gasteiger partial charge in [0.05, 0.1) is 74.3 Å². The largest absolute Gasteiger partial charge is 0.484 e. The van der Waals surface area contributed by atoms with Gasteiger partial charge in [-0.05, 0) is 68.0 Å². The zero-order chi connectivity index (χ0) is 71.7. The number of fused-ring (bicyclic) bond motifs is 16. The molecule has 27 nitrogen and oxygen atoms in total. The van der Waals surface area contributed by atoms with Gasteiger partial charge in [0.2, 0.25) is 11.8 Å². The van der Waals surface area contributed by atoms with Gasteiger partial charge in [-0.3, -0.25) is 38.4 Å². The highest BCUT2D eigenvalue weighted by Gasteiger charge is 2.46. The predicted molar refractivity (Wildman–Crippen MR) is 382 cm³/mol. The first-order valence-electron chi connectivity index (χ1n) is 32.6. The van der Waals surface area contributed by atoms with E-state index in [4.69, 9.17) is 59.6 Å². The maximum absolute atomic E-state index is 15.5. The number of rotatable bonds is 19. The van der Waals surface area contributed by atoms with Crippen molar-refractivity contribution in [2.45, 2.75) is 101 Å². The number of pyridine rings is 1. The number of nitrogens with two attached hydrogens (primary N) is 1. The third-order valence-corrected chi connectivity index (χ3v) is 23.3. The van der Waals surface area contributed by atoms with Gasteiger partial charge < -0.3 is 61.1 Å². The fourth-order valence-corrected chi connectivity index (χ4v) is 17.6. The number of ketones is 1. The molecule has 8 N–H and O–H groups in total. The zero-order valence-corrected chi connectivity index (χ0v) is 60.4.